The molecule has 3 unspecified atom stereocenters. The molecule has 1 aliphatic carbocycles. The number of rotatable bonds is 3. The van der Waals surface area contributed by atoms with Crippen LogP contribution in [0.5, 0.6) is 0 Å². The minimum atomic E-state index is 0.408. The van der Waals surface area contributed by atoms with Crippen molar-refractivity contribution in [1.82, 2.24) is 0 Å². The molecule has 3 atom stereocenters. The minimum absolute atomic E-state index is 0.408. The van der Waals surface area contributed by atoms with Crippen molar-refractivity contribution in [2.24, 2.45) is 17.8 Å². The lowest BCUT2D eigenvalue weighted by Gasteiger charge is -2.33. The van der Waals surface area contributed by atoms with Gasteiger partial charge in [0.2, 0.25) is 0 Å². The SMILES string of the molecule is CC1CC[NH+](CC(=O)C2CCCCC2)CC1C. The average Bonchev–Trinajstić information content (AvgIpc) is 2.35. The first-order chi connectivity index (χ1) is 8.16. The molecule has 0 aromatic rings. The summed E-state index contributed by atoms with van der Waals surface area (Å²) in [6.45, 7) is 7.92. The Morgan fingerprint density at radius 1 is 1.06 bits per heavy atom. The molecular weight excluding hydrogens is 210 g/mol. The number of quaternary nitrogens is 1. The Hall–Kier alpha value is -0.370. The number of hydrogen-bond donors (Lipinski definition) is 1. The maximum Gasteiger partial charge on any atom is 0.189 e. The van der Waals surface area contributed by atoms with Gasteiger partial charge in [-0.15, -0.1) is 0 Å². The highest BCUT2D eigenvalue weighted by atomic mass is 16.1. The number of Topliss-reactive ketones (excluding diaryl/α,β-unsaturated/α-hetero) is 1. The van der Waals surface area contributed by atoms with E-state index in [1.165, 1.54) is 38.8 Å². The highest BCUT2D eigenvalue weighted by Crippen LogP contribution is 2.24. The third-order valence-electron chi connectivity index (χ3n) is 5.02. The maximum atomic E-state index is 12.2. The van der Waals surface area contributed by atoms with Crippen molar-refractivity contribution in [3.63, 3.8) is 0 Å². The van der Waals surface area contributed by atoms with Gasteiger partial charge in [0.05, 0.1) is 13.1 Å². The van der Waals surface area contributed by atoms with Crippen LogP contribution in [0.4, 0.5) is 0 Å². The standard InChI is InChI=1S/C15H27NO/c1-12-8-9-16(10-13(12)2)11-15(17)14-6-4-3-5-7-14/h12-14H,3-11H2,1-2H3/p+1. The van der Waals surface area contributed by atoms with Crippen LogP contribution in [-0.2, 0) is 4.79 Å². The van der Waals surface area contributed by atoms with Crippen LogP contribution >= 0.6 is 0 Å². The van der Waals surface area contributed by atoms with E-state index < -0.39 is 0 Å². The molecule has 1 saturated heterocycles. The van der Waals surface area contributed by atoms with Crippen molar-refractivity contribution in [2.45, 2.75) is 52.4 Å². The summed E-state index contributed by atoms with van der Waals surface area (Å²) >= 11 is 0. The van der Waals surface area contributed by atoms with E-state index in [-0.39, 0.29) is 0 Å². The summed E-state index contributed by atoms with van der Waals surface area (Å²) in [7, 11) is 0. The summed E-state index contributed by atoms with van der Waals surface area (Å²) in [5.74, 6) is 2.61. The van der Waals surface area contributed by atoms with Crippen LogP contribution in [0.2, 0.25) is 0 Å². The Balaban J connectivity index is 1.78. The lowest BCUT2D eigenvalue weighted by molar-refractivity contribution is -0.902. The van der Waals surface area contributed by atoms with E-state index in [1.54, 1.807) is 4.90 Å². The number of hydrogen-bond acceptors (Lipinski definition) is 1. The Kier molecular flexibility index (Phi) is 4.61. The second-order valence-corrected chi connectivity index (χ2v) is 6.43. The molecule has 1 heterocycles. The third kappa shape index (κ3) is 3.54. The molecule has 0 bridgehead atoms. The van der Waals surface area contributed by atoms with Crippen LogP contribution < -0.4 is 4.90 Å². The Morgan fingerprint density at radius 3 is 2.41 bits per heavy atom. The summed E-state index contributed by atoms with van der Waals surface area (Å²) in [6.07, 6.45) is 7.53. The van der Waals surface area contributed by atoms with Gasteiger partial charge in [-0.25, -0.2) is 0 Å². The lowest BCUT2D eigenvalue weighted by atomic mass is 9.85. The number of piperidine rings is 1. The predicted molar refractivity (Wildman–Crippen MR) is 70.1 cm³/mol. The summed E-state index contributed by atoms with van der Waals surface area (Å²) in [6, 6.07) is 0. The summed E-state index contributed by atoms with van der Waals surface area (Å²) in [4.78, 5) is 13.8. The quantitative estimate of drug-likeness (QED) is 0.794. The van der Waals surface area contributed by atoms with Crippen LogP contribution in [0.3, 0.4) is 0 Å². The van der Waals surface area contributed by atoms with Gasteiger partial charge in [-0.1, -0.05) is 33.1 Å². The van der Waals surface area contributed by atoms with Crippen LogP contribution in [0, 0.1) is 17.8 Å². The van der Waals surface area contributed by atoms with Crippen molar-refractivity contribution >= 4 is 5.78 Å². The highest BCUT2D eigenvalue weighted by molar-refractivity contribution is 5.81. The molecule has 2 rings (SSSR count). The van der Waals surface area contributed by atoms with E-state index >= 15 is 0 Å². The van der Waals surface area contributed by atoms with E-state index in [0.717, 1.165) is 31.2 Å². The molecule has 2 aliphatic rings. The van der Waals surface area contributed by atoms with Crippen LogP contribution in [0.25, 0.3) is 0 Å². The zero-order valence-electron chi connectivity index (χ0n) is 11.5. The molecule has 1 aliphatic heterocycles. The molecule has 2 heteroatoms. The smallest absolute Gasteiger partial charge is 0.189 e. The molecule has 0 aromatic heterocycles. The van der Waals surface area contributed by atoms with Crippen LogP contribution in [-0.4, -0.2) is 25.4 Å². The van der Waals surface area contributed by atoms with Gasteiger partial charge < -0.3 is 4.90 Å². The Bertz CT molecular complexity index is 258. The average molecular weight is 238 g/mol. The number of carbonyl (C=O) groups excluding carboxylic acids is 1. The first-order valence-corrected chi connectivity index (χ1v) is 7.53. The number of nitrogens with one attached hydrogen (secondary N) is 1. The molecule has 0 spiro atoms. The van der Waals surface area contributed by atoms with Crippen molar-refractivity contribution < 1.29 is 9.69 Å². The largest absolute Gasteiger partial charge is 0.329 e. The van der Waals surface area contributed by atoms with Gasteiger partial charge in [0.25, 0.3) is 0 Å². The zero-order chi connectivity index (χ0) is 12.3. The van der Waals surface area contributed by atoms with Gasteiger partial charge in [-0.2, -0.15) is 0 Å². The van der Waals surface area contributed by atoms with Gasteiger partial charge in [0.15, 0.2) is 5.78 Å². The monoisotopic (exact) mass is 238 g/mol. The fourth-order valence-electron chi connectivity index (χ4n) is 3.45. The molecule has 0 amide bonds. The predicted octanol–water partition coefficient (Wildman–Crippen LogP) is 1.70. The van der Waals surface area contributed by atoms with Crippen molar-refractivity contribution in [3.05, 3.63) is 0 Å². The number of carbonyl (C=O) groups is 1. The van der Waals surface area contributed by atoms with Gasteiger partial charge in [-0.3, -0.25) is 4.79 Å². The molecule has 1 N–H and O–H groups in total. The van der Waals surface area contributed by atoms with Gasteiger partial charge >= 0.3 is 0 Å². The van der Waals surface area contributed by atoms with Gasteiger partial charge in [0, 0.05) is 11.8 Å². The Morgan fingerprint density at radius 2 is 1.76 bits per heavy atom. The molecular formula is C15H28NO+. The fourth-order valence-corrected chi connectivity index (χ4v) is 3.45. The van der Waals surface area contributed by atoms with E-state index in [4.69, 9.17) is 0 Å². The topological polar surface area (TPSA) is 21.5 Å². The van der Waals surface area contributed by atoms with Gasteiger partial charge in [-0.05, 0) is 25.2 Å². The highest BCUT2D eigenvalue weighted by Gasteiger charge is 2.29. The third-order valence-corrected chi connectivity index (χ3v) is 5.02. The second-order valence-electron chi connectivity index (χ2n) is 6.43. The number of ketones is 1. The van der Waals surface area contributed by atoms with Crippen molar-refractivity contribution in [1.29, 1.82) is 0 Å². The number of likely N-dealkylation sites (tertiary alicyclic amines) is 1. The summed E-state index contributed by atoms with van der Waals surface area (Å²) < 4.78 is 0. The maximum absolute atomic E-state index is 12.2. The summed E-state index contributed by atoms with van der Waals surface area (Å²) in [5.41, 5.74) is 0. The molecule has 98 valence electrons. The first-order valence-electron chi connectivity index (χ1n) is 7.53. The van der Waals surface area contributed by atoms with E-state index in [1.807, 2.05) is 0 Å². The van der Waals surface area contributed by atoms with E-state index in [9.17, 15) is 4.79 Å². The molecule has 17 heavy (non-hydrogen) atoms. The van der Waals surface area contributed by atoms with Crippen molar-refractivity contribution in [3.8, 4) is 0 Å². The molecule has 0 aromatic carbocycles. The lowest BCUT2D eigenvalue weighted by Crippen LogP contribution is -3.14. The normalized spacial score (nSPS) is 35.8. The van der Waals surface area contributed by atoms with Crippen molar-refractivity contribution in [2.75, 3.05) is 19.6 Å². The second kappa shape index (κ2) is 5.99. The first kappa shape index (κ1) is 13.1. The van der Waals surface area contributed by atoms with Gasteiger partial charge in [0.1, 0.15) is 6.54 Å². The minimum Gasteiger partial charge on any atom is -0.329 e. The van der Waals surface area contributed by atoms with E-state index in [0.29, 0.717) is 11.7 Å². The van der Waals surface area contributed by atoms with Crippen LogP contribution in [0.15, 0.2) is 0 Å². The van der Waals surface area contributed by atoms with E-state index in [2.05, 4.69) is 13.8 Å². The molecule has 0 radical (unpaired) electrons. The summed E-state index contributed by atoms with van der Waals surface area (Å²) in [5, 5.41) is 0. The zero-order valence-corrected chi connectivity index (χ0v) is 11.5. The fraction of sp³-hybridized carbons (Fsp3) is 0.933. The Labute approximate surface area is 106 Å². The molecule has 1 saturated carbocycles. The molecule has 2 nitrogen and oxygen atoms in total. The molecule has 2 fully saturated rings. The van der Waals surface area contributed by atoms with Crippen LogP contribution in [0.1, 0.15) is 52.4 Å².